The molecule has 0 aliphatic carbocycles. The zero-order chi connectivity index (χ0) is 21.2. The summed E-state index contributed by atoms with van der Waals surface area (Å²) in [6.07, 6.45) is 0. The van der Waals surface area contributed by atoms with Gasteiger partial charge in [-0.3, -0.25) is 14.5 Å². The highest BCUT2D eigenvalue weighted by Gasteiger charge is 2.15. The third-order valence-corrected chi connectivity index (χ3v) is 4.13. The van der Waals surface area contributed by atoms with Crippen LogP contribution in [0.1, 0.15) is 0 Å². The molecule has 0 atom stereocenters. The zero-order valence-electron chi connectivity index (χ0n) is 16.9. The van der Waals surface area contributed by atoms with Crippen molar-refractivity contribution in [2.24, 2.45) is 0 Å². The monoisotopic (exact) mass is 403 g/mol. The molecule has 29 heavy (non-hydrogen) atoms. The molecule has 7 nitrogen and oxygen atoms in total. The molecule has 8 heteroatoms. The van der Waals surface area contributed by atoms with Gasteiger partial charge in [0.2, 0.25) is 11.8 Å². The van der Waals surface area contributed by atoms with Crippen LogP contribution in [-0.2, 0) is 9.59 Å². The topological polar surface area (TPSA) is 71.1 Å². The second-order valence-electron chi connectivity index (χ2n) is 6.55. The lowest BCUT2D eigenvalue weighted by Gasteiger charge is -2.21. The van der Waals surface area contributed by atoms with Crippen LogP contribution in [0.15, 0.2) is 48.5 Å². The molecule has 2 aromatic carbocycles. The maximum absolute atomic E-state index is 13.5. The molecule has 0 bridgehead atoms. The van der Waals surface area contributed by atoms with Crippen molar-refractivity contribution in [3.05, 3.63) is 54.3 Å². The van der Waals surface area contributed by atoms with Crippen molar-refractivity contribution in [3.63, 3.8) is 0 Å². The highest BCUT2D eigenvalue weighted by Crippen LogP contribution is 2.17. The van der Waals surface area contributed by atoms with Crippen LogP contribution in [0.3, 0.4) is 0 Å². The number of para-hydroxylation sites is 1. The van der Waals surface area contributed by atoms with Gasteiger partial charge in [-0.25, -0.2) is 4.39 Å². The summed E-state index contributed by atoms with van der Waals surface area (Å²) in [5, 5.41) is 2.73. The van der Waals surface area contributed by atoms with Crippen molar-refractivity contribution in [2.45, 2.75) is 0 Å². The number of rotatable bonds is 10. The van der Waals surface area contributed by atoms with Crippen LogP contribution < -0.4 is 14.8 Å². The van der Waals surface area contributed by atoms with Gasteiger partial charge in [-0.05, 0) is 31.3 Å². The fourth-order valence-corrected chi connectivity index (χ4v) is 2.51. The first kappa shape index (κ1) is 22.2. The molecule has 0 aliphatic heterocycles. The summed E-state index contributed by atoms with van der Waals surface area (Å²) < 4.78 is 24.0. The minimum absolute atomic E-state index is 0.0738. The summed E-state index contributed by atoms with van der Waals surface area (Å²) in [6.45, 7) is 0.716. The van der Waals surface area contributed by atoms with Gasteiger partial charge in [0.25, 0.3) is 0 Å². The van der Waals surface area contributed by atoms with Gasteiger partial charge in [0.05, 0.1) is 20.2 Å². The Balaban J connectivity index is 1.73. The molecule has 0 aromatic heterocycles. The lowest BCUT2D eigenvalue weighted by Crippen LogP contribution is -2.41. The molecule has 0 unspecified atom stereocenters. The minimum Gasteiger partial charge on any atom is -0.497 e. The molecule has 0 aliphatic rings. The summed E-state index contributed by atoms with van der Waals surface area (Å²) in [6, 6.07) is 13.1. The van der Waals surface area contributed by atoms with E-state index in [0.717, 1.165) is 0 Å². The number of methoxy groups -OCH3 is 1. The lowest BCUT2D eigenvalue weighted by atomic mass is 10.3. The number of nitrogens with zero attached hydrogens (tertiary/aromatic N) is 2. The molecule has 0 radical (unpaired) electrons. The van der Waals surface area contributed by atoms with E-state index in [9.17, 15) is 14.0 Å². The summed E-state index contributed by atoms with van der Waals surface area (Å²) in [5.41, 5.74) is 0.595. The third kappa shape index (κ3) is 7.42. The Morgan fingerprint density at radius 1 is 1.07 bits per heavy atom. The average molecular weight is 403 g/mol. The number of hydrogen-bond donors (Lipinski definition) is 1. The fraction of sp³-hybridized carbons (Fsp3) is 0.333. The van der Waals surface area contributed by atoms with Gasteiger partial charge >= 0.3 is 0 Å². The number of ether oxygens (including phenoxy) is 2. The number of hydrogen-bond acceptors (Lipinski definition) is 5. The quantitative estimate of drug-likeness (QED) is 0.659. The predicted molar refractivity (Wildman–Crippen MR) is 109 cm³/mol. The summed E-state index contributed by atoms with van der Waals surface area (Å²) >= 11 is 0. The van der Waals surface area contributed by atoms with Gasteiger partial charge in [-0.2, -0.15) is 0 Å². The van der Waals surface area contributed by atoms with Gasteiger partial charge in [0.1, 0.15) is 12.4 Å². The number of likely N-dealkylation sites (N-methyl/N-ethyl adjacent to an activating group) is 2. The smallest absolute Gasteiger partial charge is 0.243 e. The number of halogens is 1. The maximum atomic E-state index is 13.5. The molecule has 156 valence electrons. The highest BCUT2D eigenvalue weighted by molar-refractivity contribution is 5.94. The molecular weight excluding hydrogens is 377 g/mol. The van der Waals surface area contributed by atoms with Gasteiger partial charge in [0.15, 0.2) is 11.6 Å². The Kier molecular flexibility index (Phi) is 8.42. The number of amides is 2. The Morgan fingerprint density at radius 3 is 2.55 bits per heavy atom. The van der Waals surface area contributed by atoms with E-state index in [1.54, 1.807) is 68.6 Å². The van der Waals surface area contributed by atoms with E-state index in [-0.39, 0.29) is 37.3 Å². The van der Waals surface area contributed by atoms with Crippen LogP contribution in [0.2, 0.25) is 0 Å². The first-order valence-electron chi connectivity index (χ1n) is 9.12. The normalized spacial score (nSPS) is 10.5. The van der Waals surface area contributed by atoms with E-state index in [2.05, 4.69) is 5.32 Å². The van der Waals surface area contributed by atoms with Crippen molar-refractivity contribution in [2.75, 3.05) is 52.8 Å². The number of carbonyl (C=O) groups excluding carboxylic acids is 2. The first-order valence-corrected chi connectivity index (χ1v) is 9.12. The van der Waals surface area contributed by atoms with E-state index in [1.165, 1.54) is 11.0 Å². The van der Waals surface area contributed by atoms with Crippen LogP contribution >= 0.6 is 0 Å². The zero-order valence-corrected chi connectivity index (χ0v) is 16.9. The minimum atomic E-state index is -0.423. The first-order chi connectivity index (χ1) is 13.9. The van der Waals surface area contributed by atoms with Crippen molar-refractivity contribution in [1.29, 1.82) is 0 Å². The molecular formula is C21H26FN3O4. The Morgan fingerprint density at radius 2 is 1.83 bits per heavy atom. The van der Waals surface area contributed by atoms with Crippen LogP contribution in [0.4, 0.5) is 10.1 Å². The third-order valence-electron chi connectivity index (χ3n) is 4.13. The molecule has 1 N–H and O–H groups in total. The van der Waals surface area contributed by atoms with E-state index >= 15 is 0 Å². The maximum Gasteiger partial charge on any atom is 0.243 e. The number of carbonyl (C=O) groups is 2. The summed E-state index contributed by atoms with van der Waals surface area (Å²) in [5.74, 6) is -0.128. The summed E-state index contributed by atoms with van der Waals surface area (Å²) in [4.78, 5) is 27.6. The van der Waals surface area contributed by atoms with Crippen molar-refractivity contribution < 1.29 is 23.5 Å². The Labute approximate surface area is 170 Å². The molecule has 0 fully saturated rings. The molecule has 2 rings (SSSR count). The molecule has 2 aromatic rings. The summed E-state index contributed by atoms with van der Waals surface area (Å²) in [7, 11) is 4.87. The van der Waals surface area contributed by atoms with Gasteiger partial charge in [-0.15, -0.1) is 0 Å². The number of nitrogens with one attached hydrogen (secondary N) is 1. The van der Waals surface area contributed by atoms with Gasteiger partial charge in [0, 0.05) is 25.3 Å². The van der Waals surface area contributed by atoms with Crippen LogP contribution in [0.25, 0.3) is 0 Å². The van der Waals surface area contributed by atoms with Crippen LogP contribution in [0.5, 0.6) is 11.5 Å². The SMILES string of the molecule is COc1cccc(NC(=O)CN(C)C(=O)CN(C)CCOc2ccccc2F)c1. The van der Waals surface area contributed by atoms with Crippen LogP contribution in [-0.4, -0.2) is 69.1 Å². The predicted octanol–water partition coefficient (Wildman–Crippen LogP) is 2.24. The largest absolute Gasteiger partial charge is 0.497 e. The highest BCUT2D eigenvalue weighted by atomic mass is 19.1. The van der Waals surface area contributed by atoms with E-state index in [4.69, 9.17) is 9.47 Å². The second-order valence-corrected chi connectivity index (χ2v) is 6.55. The molecule has 0 heterocycles. The van der Waals surface area contributed by atoms with E-state index in [0.29, 0.717) is 18.0 Å². The Hall–Kier alpha value is -3.13. The molecule has 0 spiro atoms. The lowest BCUT2D eigenvalue weighted by molar-refractivity contribution is -0.134. The van der Waals surface area contributed by atoms with Crippen molar-refractivity contribution >= 4 is 17.5 Å². The van der Waals surface area contributed by atoms with Crippen molar-refractivity contribution in [3.8, 4) is 11.5 Å². The van der Waals surface area contributed by atoms with Crippen molar-refractivity contribution in [1.82, 2.24) is 9.80 Å². The van der Waals surface area contributed by atoms with E-state index in [1.807, 2.05) is 0 Å². The molecule has 2 amide bonds. The average Bonchev–Trinajstić information content (AvgIpc) is 2.69. The number of anilines is 1. The molecule has 0 saturated heterocycles. The molecule has 0 saturated carbocycles. The van der Waals surface area contributed by atoms with E-state index < -0.39 is 5.82 Å². The number of benzene rings is 2. The Bertz CT molecular complexity index is 831. The standard InChI is InChI=1S/C21H26FN3O4/c1-24(11-12-29-19-10-5-4-9-18(19)22)15-21(27)25(2)14-20(26)23-16-7-6-8-17(13-16)28-3/h4-10,13H,11-12,14-15H2,1-3H3,(H,23,26). The van der Waals surface area contributed by atoms with Gasteiger partial charge < -0.3 is 19.7 Å². The fourth-order valence-electron chi connectivity index (χ4n) is 2.51. The second kappa shape index (κ2) is 11.0. The van der Waals surface area contributed by atoms with Gasteiger partial charge in [-0.1, -0.05) is 18.2 Å². The van der Waals surface area contributed by atoms with Crippen LogP contribution in [0, 0.1) is 5.82 Å².